The van der Waals surface area contributed by atoms with Crippen molar-refractivity contribution in [2.75, 3.05) is 7.11 Å². The number of para-hydroxylation sites is 1. The predicted octanol–water partition coefficient (Wildman–Crippen LogP) is 3.37. The van der Waals surface area contributed by atoms with Crippen LogP contribution >= 0.6 is 0 Å². The van der Waals surface area contributed by atoms with Gasteiger partial charge in [-0.25, -0.2) is 8.78 Å². The maximum absolute atomic E-state index is 13.9. The van der Waals surface area contributed by atoms with Crippen LogP contribution in [0.4, 0.5) is 8.78 Å². The topological polar surface area (TPSA) is 47.4 Å². The van der Waals surface area contributed by atoms with Gasteiger partial charge in [-0.05, 0) is 29.8 Å². The number of nitrogens with zero attached hydrogens (tertiary/aromatic N) is 3. The maximum atomic E-state index is 13.9. The zero-order valence-corrected chi connectivity index (χ0v) is 14.7. The Morgan fingerprint density at radius 1 is 1.15 bits per heavy atom. The summed E-state index contributed by atoms with van der Waals surface area (Å²) in [6.45, 7) is 1.26. The van der Waals surface area contributed by atoms with E-state index in [1.807, 2.05) is 0 Å². The molecule has 0 saturated heterocycles. The zero-order valence-electron chi connectivity index (χ0n) is 14.7. The van der Waals surface area contributed by atoms with Crippen molar-refractivity contribution >= 4 is 5.91 Å². The molecule has 2 aromatic carbocycles. The fraction of sp³-hybridized carbons (Fsp3) is 0.200. The van der Waals surface area contributed by atoms with Crippen LogP contribution in [-0.4, -0.2) is 27.7 Å². The van der Waals surface area contributed by atoms with Gasteiger partial charge in [0.2, 0.25) is 0 Å². The third-order valence-electron chi connectivity index (χ3n) is 4.67. The minimum absolute atomic E-state index is 0.0496. The lowest BCUT2D eigenvalue weighted by molar-refractivity contribution is 0.0743. The summed E-state index contributed by atoms with van der Waals surface area (Å²) in [5.74, 6) is -1.20. The number of rotatable bonds is 4. The van der Waals surface area contributed by atoms with E-state index >= 15 is 0 Å². The summed E-state index contributed by atoms with van der Waals surface area (Å²) in [7, 11) is 1.34. The first kappa shape index (κ1) is 17.2. The van der Waals surface area contributed by atoms with Crippen LogP contribution in [0.1, 0.15) is 27.2 Å². The molecular weight excluding hydrogens is 352 g/mol. The molecule has 0 N–H and O–H groups in total. The van der Waals surface area contributed by atoms with Crippen LogP contribution in [0.15, 0.2) is 48.7 Å². The Balaban J connectivity index is 1.55. The van der Waals surface area contributed by atoms with E-state index in [1.54, 1.807) is 34.0 Å². The summed E-state index contributed by atoms with van der Waals surface area (Å²) in [6, 6.07) is 10.5. The molecule has 27 heavy (non-hydrogen) atoms. The molecule has 1 aliphatic rings. The SMILES string of the molecule is COc1c(F)cccc1C(=O)N1Cc2cnn(Cc3ccc(F)cc3)c2C1. The molecular formula is C20H17F2N3O2. The van der Waals surface area contributed by atoms with Gasteiger partial charge in [0.25, 0.3) is 5.91 Å². The molecule has 0 spiro atoms. The average Bonchev–Trinajstić information content (AvgIpc) is 3.24. The van der Waals surface area contributed by atoms with E-state index in [-0.39, 0.29) is 23.0 Å². The predicted molar refractivity (Wildman–Crippen MR) is 94.3 cm³/mol. The molecule has 1 amide bonds. The van der Waals surface area contributed by atoms with Crippen molar-refractivity contribution < 1.29 is 18.3 Å². The molecule has 2 heterocycles. The first-order valence-corrected chi connectivity index (χ1v) is 8.46. The molecule has 1 aromatic heterocycles. The fourth-order valence-electron chi connectivity index (χ4n) is 3.30. The summed E-state index contributed by atoms with van der Waals surface area (Å²) in [5.41, 5.74) is 2.98. The van der Waals surface area contributed by atoms with Crippen LogP contribution in [0.2, 0.25) is 0 Å². The Labute approximate surface area is 154 Å². The summed E-state index contributed by atoms with van der Waals surface area (Å²) in [4.78, 5) is 14.5. The fourth-order valence-corrected chi connectivity index (χ4v) is 3.30. The molecule has 0 aliphatic carbocycles. The lowest BCUT2D eigenvalue weighted by Gasteiger charge is -2.18. The van der Waals surface area contributed by atoms with Crippen molar-refractivity contribution in [3.05, 3.63) is 82.7 Å². The summed E-state index contributed by atoms with van der Waals surface area (Å²) in [5, 5.41) is 4.37. The van der Waals surface area contributed by atoms with E-state index in [1.165, 1.54) is 31.4 Å². The highest BCUT2D eigenvalue weighted by Crippen LogP contribution is 2.29. The van der Waals surface area contributed by atoms with E-state index in [0.29, 0.717) is 19.6 Å². The number of hydrogen-bond acceptors (Lipinski definition) is 3. The molecule has 5 nitrogen and oxygen atoms in total. The highest BCUT2D eigenvalue weighted by Gasteiger charge is 2.30. The first-order valence-electron chi connectivity index (χ1n) is 8.46. The number of carbonyl (C=O) groups excluding carboxylic acids is 1. The van der Waals surface area contributed by atoms with Gasteiger partial charge in [-0.1, -0.05) is 18.2 Å². The number of halogens is 2. The molecule has 0 fully saturated rings. The van der Waals surface area contributed by atoms with Crippen LogP contribution in [0.3, 0.4) is 0 Å². The third-order valence-corrected chi connectivity index (χ3v) is 4.67. The van der Waals surface area contributed by atoms with Crippen molar-refractivity contribution in [1.82, 2.24) is 14.7 Å². The normalized spacial score (nSPS) is 12.9. The Kier molecular flexibility index (Phi) is 4.35. The molecule has 0 saturated carbocycles. The van der Waals surface area contributed by atoms with Crippen molar-refractivity contribution in [2.24, 2.45) is 0 Å². The lowest BCUT2D eigenvalue weighted by atomic mass is 10.1. The Morgan fingerprint density at radius 2 is 1.93 bits per heavy atom. The van der Waals surface area contributed by atoms with Crippen LogP contribution < -0.4 is 4.74 Å². The van der Waals surface area contributed by atoms with Crippen LogP contribution in [0, 0.1) is 11.6 Å². The van der Waals surface area contributed by atoms with Crippen molar-refractivity contribution in [3.63, 3.8) is 0 Å². The van der Waals surface area contributed by atoms with Crippen LogP contribution in [-0.2, 0) is 19.6 Å². The highest BCUT2D eigenvalue weighted by molar-refractivity contribution is 5.97. The second-order valence-corrected chi connectivity index (χ2v) is 6.38. The third kappa shape index (κ3) is 3.16. The van der Waals surface area contributed by atoms with Crippen molar-refractivity contribution in [1.29, 1.82) is 0 Å². The molecule has 4 rings (SSSR count). The molecule has 138 valence electrons. The molecule has 0 radical (unpaired) electrons. The van der Waals surface area contributed by atoms with Gasteiger partial charge in [0.1, 0.15) is 5.82 Å². The standard InChI is InChI=1S/C20H17F2N3O2/c1-27-19-16(3-2-4-17(19)22)20(26)24-11-14-9-23-25(18(14)12-24)10-13-5-7-15(21)8-6-13/h2-9H,10-12H2,1H3. The average molecular weight is 369 g/mol. The number of hydrogen-bond donors (Lipinski definition) is 0. The summed E-state index contributed by atoms with van der Waals surface area (Å²) < 4.78 is 33.8. The maximum Gasteiger partial charge on any atom is 0.258 e. The van der Waals surface area contributed by atoms with Gasteiger partial charge in [0.15, 0.2) is 11.6 Å². The second kappa shape index (κ2) is 6.83. The quantitative estimate of drug-likeness (QED) is 0.708. The van der Waals surface area contributed by atoms with Gasteiger partial charge >= 0.3 is 0 Å². The molecule has 3 aromatic rings. The van der Waals surface area contributed by atoms with Crippen molar-refractivity contribution in [2.45, 2.75) is 19.6 Å². The number of benzene rings is 2. The Hall–Kier alpha value is -3.22. The molecule has 7 heteroatoms. The molecule has 0 unspecified atom stereocenters. The molecule has 0 atom stereocenters. The van der Waals surface area contributed by atoms with E-state index in [9.17, 15) is 13.6 Å². The van der Waals surface area contributed by atoms with Gasteiger partial charge < -0.3 is 9.64 Å². The highest BCUT2D eigenvalue weighted by atomic mass is 19.1. The number of amides is 1. The van der Waals surface area contributed by atoms with Gasteiger partial charge in [0, 0.05) is 12.1 Å². The number of carbonyl (C=O) groups is 1. The van der Waals surface area contributed by atoms with E-state index in [4.69, 9.17) is 4.74 Å². The van der Waals surface area contributed by atoms with Crippen molar-refractivity contribution in [3.8, 4) is 5.75 Å². The smallest absolute Gasteiger partial charge is 0.258 e. The minimum atomic E-state index is -0.567. The first-order chi connectivity index (χ1) is 13.1. The van der Waals surface area contributed by atoms with Gasteiger partial charge in [-0.15, -0.1) is 0 Å². The van der Waals surface area contributed by atoms with E-state index in [2.05, 4.69) is 5.10 Å². The van der Waals surface area contributed by atoms with E-state index in [0.717, 1.165) is 16.8 Å². The summed E-state index contributed by atoms with van der Waals surface area (Å²) >= 11 is 0. The van der Waals surface area contributed by atoms with Gasteiger partial charge in [-0.2, -0.15) is 5.10 Å². The van der Waals surface area contributed by atoms with E-state index < -0.39 is 5.82 Å². The minimum Gasteiger partial charge on any atom is -0.493 e. The second-order valence-electron chi connectivity index (χ2n) is 6.38. The largest absolute Gasteiger partial charge is 0.493 e. The Morgan fingerprint density at radius 3 is 2.67 bits per heavy atom. The summed E-state index contributed by atoms with van der Waals surface area (Å²) in [6.07, 6.45) is 1.73. The number of fused-ring (bicyclic) bond motifs is 1. The van der Waals surface area contributed by atoms with Crippen LogP contribution in [0.5, 0.6) is 5.75 Å². The Bertz CT molecular complexity index is 999. The van der Waals surface area contributed by atoms with Gasteiger partial charge in [-0.3, -0.25) is 9.48 Å². The molecule has 0 bridgehead atoms. The number of aromatic nitrogens is 2. The van der Waals surface area contributed by atoms with Crippen LogP contribution in [0.25, 0.3) is 0 Å². The monoisotopic (exact) mass is 369 g/mol. The lowest BCUT2D eigenvalue weighted by Crippen LogP contribution is -2.27. The zero-order chi connectivity index (χ0) is 19.0. The van der Waals surface area contributed by atoms with Gasteiger partial charge in [0.05, 0.1) is 37.7 Å². The molecule has 1 aliphatic heterocycles. The number of methoxy groups -OCH3 is 1. The number of ether oxygens (including phenoxy) is 1.